The molecule has 2 N–H and O–H groups in total. The molecule has 0 heterocycles. The first-order chi connectivity index (χ1) is 29.8. The van der Waals surface area contributed by atoms with Crippen LogP contribution in [-0.4, -0.2) is 0 Å². The summed E-state index contributed by atoms with van der Waals surface area (Å²) in [7, 11) is -1.96. The van der Waals surface area contributed by atoms with Gasteiger partial charge in [0.2, 0.25) is 0 Å². The van der Waals surface area contributed by atoms with Gasteiger partial charge in [-0.2, -0.15) is 0 Å². The lowest BCUT2D eigenvalue weighted by molar-refractivity contribution is 0.682. The first-order valence-corrected chi connectivity index (χ1v) is 24.3. The molecule has 0 amide bonds. The monoisotopic (exact) mass is 812 g/mol. The van der Waals surface area contributed by atoms with Crippen LogP contribution in [0.4, 0.5) is 11.4 Å². The molecule has 294 valence electrons. The second kappa shape index (κ2) is 17.8. The van der Waals surface area contributed by atoms with Crippen molar-refractivity contribution in [3.05, 3.63) is 216 Å². The van der Waals surface area contributed by atoms with Gasteiger partial charge >= 0.3 is 0 Å². The number of hydrogen-bond acceptors (Lipinski definition) is 2. The van der Waals surface area contributed by atoms with Crippen LogP contribution in [0.1, 0.15) is 47.9 Å². The Morgan fingerprint density at radius 1 is 0.317 bits per heavy atom. The highest BCUT2D eigenvalue weighted by molar-refractivity contribution is 7.74. The number of rotatable bonds is 11. The zero-order valence-corrected chi connectivity index (χ0v) is 35.8. The Labute approximate surface area is 358 Å². The van der Waals surface area contributed by atoms with Crippen molar-refractivity contribution in [1.29, 1.82) is 0 Å². The molecule has 0 spiro atoms. The SMILES string of the molecule is c1ccc(-c2cc3c(c(-c4c5c(cc(-c6ccccc6)c4NP(c4ccccc4)c4ccccc4)CCCC5)c2NP(c2ccccc2)c2ccccc2)CCCC3)cc1. The fourth-order valence-corrected chi connectivity index (χ4v) is 13.3. The zero-order chi connectivity index (χ0) is 40.1. The fraction of sp³-hybridized carbons (Fsp3) is 0.143. The third-order valence-electron chi connectivity index (χ3n) is 12.2. The van der Waals surface area contributed by atoms with Gasteiger partial charge in [0.1, 0.15) is 0 Å². The maximum absolute atomic E-state index is 4.45. The standard InChI is InChI=1S/C56H50N2P2/c1-7-23-41(24-8-1)51-39-43-27-19-21-37-49(43)53(55(51)57-59(45-29-11-3-12-30-45)46-31-13-4-14-32-46)54-50-38-22-20-28-44(50)40-52(42-25-9-2-10-26-42)56(54)58-60(47-33-15-5-16-34-47)48-35-17-6-18-36-48/h1-18,23-26,29-36,39-40,57-58H,19-22,27-28,37-38H2. The summed E-state index contributed by atoms with van der Waals surface area (Å²) < 4.78 is 0. The van der Waals surface area contributed by atoms with Crippen LogP contribution < -0.4 is 31.4 Å². The largest absolute Gasteiger partial charge is 0.356 e. The summed E-state index contributed by atoms with van der Waals surface area (Å²) in [6, 6.07) is 72.0. The van der Waals surface area contributed by atoms with Gasteiger partial charge in [0.05, 0.1) is 27.5 Å². The highest BCUT2D eigenvalue weighted by atomic mass is 31.1. The van der Waals surface area contributed by atoms with Gasteiger partial charge < -0.3 is 10.2 Å². The smallest absolute Gasteiger partial charge is 0.0540 e. The van der Waals surface area contributed by atoms with Gasteiger partial charge in [-0.1, -0.05) is 182 Å². The Kier molecular flexibility index (Phi) is 11.4. The van der Waals surface area contributed by atoms with E-state index >= 15 is 0 Å². The molecule has 0 aromatic heterocycles. The number of benzene rings is 8. The molecule has 2 aliphatic carbocycles. The van der Waals surface area contributed by atoms with E-state index in [9.17, 15) is 0 Å². The summed E-state index contributed by atoms with van der Waals surface area (Å²) in [5, 5.41) is 14.2. The molecule has 8 aromatic rings. The molecule has 0 aliphatic heterocycles. The maximum atomic E-state index is 4.45. The fourth-order valence-electron chi connectivity index (χ4n) is 9.37. The Morgan fingerprint density at radius 2 is 0.600 bits per heavy atom. The minimum atomic E-state index is -0.981. The third kappa shape index (κ3) is 7.84. The summed E-state index contributed by atoms with van der Waals surface area (Å²) >= 11 is 0. The molecule has 10 rings (SSSR count). The summed E-state index contributed by atoms with van der Waals surface area (Å²) in [4.78, 5) is 0. The van der Waals surface area contributed by atoms with Crippen molar-refractivity contribution in [3.8, 4) is 33.4 Å². The number of nitrogens with one attached hydrogen (secondary N) is 2. The zero-order valence-electron chi connectivity index (χ0n) is 34.0. The molecule has 0 radical (unpaired) electrons. The molecule has 4 heteroatoms. The van der Waals surface area contributed by atoms with Gasteiger partial charge in [-0.15, -0.1) is 0 Å². The van der Waals surface area contributed by atoms with Crippen molar-refractivity contribution >= 4 is 48.7 Å². The van der Waals surface area contributed by atoms with Gasteiger partial charge in [-0.05, 0) is 96.9 Å². The van der Waals surface area contributed by atoms with Crippen LogP contribution in [-0.2, 0) is 25.7 Å². The van der Waals surface area contributed by atoms with Crippen LogP contribution in [0.15, 0.2) is 194 Å². The predicted molar refractivity (Wildman–Crippen MR) is 261 cm³/mol. The quantitative estimate of drug-likeness (QED) is 0.127. The van der Waals surface area contributed by atoms with Crippen molar-refractivity contribution in [2.24, 2.45) is 0 Å². The first-order valence-electron chi connectivity index (χ1n) is 21.6. The molecule has 60 heavy (non-hydrogen) atoms. The van der Waals surface area contributed by atoms with Crippen LogP contribution in [0.3, 0.4) is 0 Å². The molecular formula is C56H50N2P2. The number of anilines is 2. The summed E-state index contributed by atoms with van der Waals surface area (Å²) in [6.07, 6.45) is 9.15. The van der Waals surface area contributed by atoms with E-state index in [1.54, 1.807) is 0 Å². The van der Waals surface area contributed by atoms with Crippen molar-refractivity contribution in [3.63, 3.8) is 0 Å². The lowest BCUT2D eigenvalue weighted by Gasteiger charge is -2.34. The normalized spacial score (nSPS) is 13.4. The maximum Gasteiger partial charge on any atom is 0.0540 e. The van der Waals surface area contributed by atoms with Crippen LogP contribution >= 0.6 is 16.1 Å². The Balaban J connectivity index is 1.33. The van der Waals surface area contributed by atoms with Gasteiger partial charge in [-0.25, -0.2) is 0 Å². The van der Waals surface area contributed by atoms with Crippen LogP contribution in [0.25, 0.3) is 33.4 Å². The topological polar surface area (TPSA) is 24.1 Å². The predicted octanol–water partition coefficient (Wildman–Crippen LogP) is 13.4. The Bertz CT molecular complexity index is 2420. The van der Waals surface area contributed by atoms with E-state index in [0.29, 0.717) is 0 Å². The van der Waals surface area contributed by atoms with Crippen molar-refractivity contribution in [1.82, 2.24) is 0 Å². The molecular weight excluding hydrogens is 763 g/mol. The third-order valence-corrected chi connectivity index (χ3v) is 16.4. The highest BCUT2D eigenvalue weighted by Gasteiger charge is 2.32. The summed E-state index contributed by atoms with van der Waals surface area (Å²) in [6.45, 7) is 0. The molecule has 0 bridgehead atoms. The minimum absolute atomic E-state index is 0.981. The van der Waals surface area contributed by atoms with Crippen LogP contribution in [0.2, 0.25) is 0 Å². The van der Waals surface area contributed by atoms with Crippen LogP contribution in [0.5, 0.6) is 0 Å². The molecule has 2 nitrogen and oxygen atoms in total. The summed E-state index contributed by atoms with van der Waals surface area (Å²) in [5.74, 6) is 0. The Morgan fingerprint density at radius 3 is 0.917 bits per heavy atom. The van der Waals surface area contributed by atoms with E-state index in [2.05, 4.69) is 204 Å². The number of aryl methyl sites for hydroxylation is 2. The Hall–Kier alpha value is -5.78. The van der Waals surface area contributed by atoms with E-state index in [4.69, 9.17) is 0 Å². The van der Waals surface area contributed by atoms with E-state index in [1.807, 2.05) is 0 Å². The first kappa shape index (κ1) is 38.4. The van der Waals surface area contributed by atoms with E-state index in [-0.39, 0.29) is 0 Å². The van der Waals surface area contributed by atoms with Gasteiger partial charge in [0.25, 0.3) is 0 Å². The minimum Gasteiger partial charge on any atom is -0.356 e. The highest BCUT2D eigenvalue weighted by Crippen LogP contribution is 2.55. The molecule has 8 aromatic carbocycles. The molecule has 0 saturated heterocycles. The average molecular weight is 813 g/mol. The van der Waals surface area contributed by atoms with Crippen LogP contribution in [0, 0.1) is 0 Å². The number of fused-ring (bicyclic) bond motifs is 2. The van der Waals surface area contributed by atoms with Crippen molar-refractivity contribution in [2.75, 3.05) is 10.2 Å². The lowest BCUT2D eigenvalue weighted by Crippen LogP contribution is -2.20. The molecule has 2 aliphatic rings. The van der Waals surface area contributed by atoms with Crippen molar-refractivity contribution < 1.29 is 0 Å². The number of hydrogen-bond donors (Lipinski definition) is 2. The summed E-state index contributed by atoms with van der Waals surface area (Å²) in [5.41, 5.74) is 16.4. The molecule has 0 atom stereocenters. The second-order valence-electron chi connectivity index (χ2n) is 16.0. The van der Waals surface area contributed by atoms with E-state index in [1.165, 1.54) is 114 Å². The van der Waals surface area contributed by atoms with Gasteiger partial charge in [0, 0.05) is 43.5 Å². The molecule has 0 unspecified atom stereocenters. The second-order valence-corrected chi connectivity index (χ2v) is 19.9. The average Bonchev–Trinajstić information content (AvgIpc) is 3.33. The van der Waals surface area contributed by atoms with E-state index < -0.39 is 16.1 Å². The van der Waals surface area contributed by atoms with Crippen molar-refractivity contribution in [2.45, 2.75) is 51.4 Å². The van der Waals surface area contributed by atoms with Gasteiger partial charge in [0.15, 0.2) is 0 Å². The lowest BCUT2D eigenvalue weighted by atomic mass is 9.76. The van der Waals surface area contributed by atoms with E-state index in [0.717, 1.165) is 25.7 Å². The van der Waals surface area contributed by atoms with Gasteiger partial charge in [-0.3, -0.25) is 0 Å². The molecule has 0 saturated carbocycles. The molecule has 0 fully saturated rings.